The molecule has 4 heteroatoms. The average Bonchev–Trinajstić information content (AvgIpc) is 2.30. The summed E-state index contributed by atoms with van der Waals surface area (Å²) >= 11 is 0. The van der Waals surface area contributed by atoms with Crippen LogP contribution in [0.1, 0.15) is 18.4 Å². The maximum absolute atomic E-state index is 10.9. The van der Waals surface area contributed by atoms with Gasteiger partial charge in [0.2, 0.25) is 0 Å². The number of piperidine rings is 1. The van der Waals surface area contributed by atoms with Crippen molar-refractivity contribution < 1.29 is 9.90 Å². The van der Waals surface area contributed by atoms with E-state index in [4.69, 9.17) is 5.11 Å². The van der Waals surface area contributed by atoms with Crippen LogP contribution in [0.4, 0.5) is 4.79 Å². The second-order valence-electron chi connectivity index (χ2n) is 4.16. The summed E-state index contributed by atoms with van der Waals surface area (Å²) in [4.78, 5) is 10.9. The Bertz CT molecular complexity index is 359. The van der Waals surface area contributed by atoms with E-state index in [-0.39, 0.29) is 0 Å². The van der Waals surface area contributed by atoms with E-state index in [0.29, 0.717) is 6.54 Å². The van der Waals surface area contributed by atoms with Gasteiger partial charge in [-0.1, -0.05) is 30.3 Å². The predicted octanol–water partition coefficient (Wildman–Crippen LogP) is 1.53. The summed E-state index contributed by atoms with van der Waals surface area (Å²) in [6.07, 6.45) is 0.860. The minimum atomic E-state index is -0.965. The predicted molar refractivity (Wildman–Crippen MR) is 61.4 cm³/mol. The van der Waals surface area contributed by atoms with Gasteiger partial charge in [-0.15, -0.1) is 0 Å². The van der Waals surface area contributed by atoms with E-state index in [9.17, 15) is 4.79 Å². The second-order valence-corrected chi connectivity index (χ2v) is 4.16. The molecule has 0 aromatic heterocycles. The third-order valence-corrected chi connectivity index (χ3v) is 3.06. The van der Waals surface area contributed by atoms with E-state index in [1.54, 1.807) is 0 Å². The molecular weight excluding hydrogens is 204 g/mol. The van der Waals surface area contributed by atoms with Crippen molar-refractivity contribution in [2.75, 3.05) is 13.1 Å². The third-order valence-electron chi connectivity index (χ3n) is 3.06. The van der Waals surface area contributed by atoms with Gasteiger partial charge in [-0.05, 0) is 24.9 Å². The van der Waals surface area contributed by atoms with Gasteiger partial charge in [0.25, 0.3) is 0 Å². The first-order valence-corrected chi connectivity index (χ1v) is 5.50. The molecule has 1 fully saturated rings. The van der Waals surface area contributed by atoms with Gasteiger partial charge in [0.05, 0.1) is 5.54 Å². The Balaban J connectivity index is 2.29. The van der Waals surface area contributed by atoms with Gasteiger partial charge in [-0.3, -0.25) is 0 Å². The standard InChI is InChI=1S/C12H16N2O2/c15-11(16)14-12(7-4-8-13-9-12)10-5-2-1-3-6-10/h1-3,5-6,13-14H,4,7-9H2,(H,15,16)/t12-/m1/s1. The SMILES string of the molecule is O=C(O)N[C@]1(c2ccccc2)CCCNC1. The highest BCUT2D eigenvalue weighted by molar-refractivity contribution is 5.66. The van der Waals surface area contributed by atoms with Gasteiger partial charge < -0.3 is 15.7 Å². The van der Waals surface area contributed by atoms with Gasteiger partial charge in [0.15, 0.2) is 0 Å². The molecule has 1 amide bonds. The second kappa shape index (κ2) is 4.53. The summed E-state index contributed by atoms with van der Waals surface area (Å²) in [7, 11) is 0. The summed E-state index contributed by atoms with van der Waals surface area (Å²) in [5.74, 6) is 0. The van der Waals surface area contributed by atoms with Crippen LogP contribution in [0.2, 0.25) is 0 Å². The Labute approximate surface area is 94.7 Å². The van der Waals surface area contributed by atoms with Crippen molar-refractivity contribution in [2.24, 2.45) is 0 Å². The van der Waals surface area contributed by atoms with Crippen LogP contribution in [0.5, 0.6) is 0 Å². The molecule has 2 rings (SSSR count). The zero-order chi connectivity index (χ0) is 11.4. The number of benzene rings is 1. The van der Waals surface area contributed by atoms with E-state index >= 15 is 0 Å². The Kier molecular flexibility index (Phi) is 3.10. The van der Waals surface area contributed by atoms with Crippen molar-refractivity contribution in [1.82, 2.24) is 10.6 Å². The van der Waals surface area contributed by atoms with Crippen LogP contribution in [0, 0.1) is 0 Å². The van der Waals surface area contributed by atoms with E-state index in [1.165, 1.54) is 0 Å². The monoisotopic (exact) mass is 220 g/mol. The number of amides is 1. The van der Waals surface area contributed by atoms with Gasteiger partial charge >= 0.3 is 6.09 Å². The zero-order valence-electron chi connectivity index (χ0n) is 9.07. The summed E-state index contributed by atoms with van der Waals surface area (Å²) in [5, 5.41) is 14.9. The van der Waals surface area contributed by atoms with E-state index in [1.807, 2.05) is 30.3 Å². The molecule has 4 nitrogen and oxygen atoms in total. The van der Waals surface area contributed by atoms with Gasteiger partial charge in [-0.2, -0.15) is 0 Å². The molecule has 0 radical (unpaired) electrons. The highest BCUT2D eigenvalue weighted by atomic mass is 16.4. The molecule has 1 heterocycles. The van der Waals surface area contributed by atoms with E-state index < -0.39 is 11.6 Å². The zero-order valence-corrected chi connectivity index (χ0v) is 9.07. The van der Waals surface area contributed by atoms with Crippen molar-refractivity contribution in [2.45, 2.75) is 18.4 Å². The molecule has 1 aliphatic heterocycles. The molecule has 1 aromatic rings. The normalized spacial score (nSPS) is 25.0. The Hall–Kier alpha value is -1.55. The van der Waals surface area contributed by atoms with E-state index in [2.05, 4.69) is 10.6 Å². The number of rotatable bonds is 2. The van der Waals surface area contributed by atoms with Crippen LogP contribution in [-0.2, 0) is 5.54 Å². The number of hydrogen-bond acceptors (Lipinski definition) is 2. The van der Waals surface area contributed by atoms with Crippen molar-refractivity contribution >= 4 is 6.09 Å². The van der Waals surface area contributed by atoms with Crippen LogP contribution in [0.25, 0.3) is 0 Å². The Morgan fingerprint density at radius 2 is 2.12 bits per heavy atom. The molecule has 16 heavy (non-hydrogen) atoms. The van der Waals surface area contributed by atoms with Crippen LogP contribution in [0.15, 0.2) is 30.3 Å². The number of hydrogen-bond donors (Lipinski definition) is 3. The summed E-state index contributed by atoms with van der Waals surface area (Å²) in [6.45, 7) is 1.61. The average molecular weight is 220 g/mol. The van der Waals surface area contributed by atoms with Crippen LogP contribution >= 0.6 is 0 Å². The minimum absolute atomic E-state index is 0.467. The maximum Gasteiger partial charge on any atom is 0.405 e. The quantitative estimate of drug-likeness (QED) is 0.708. The minimum Gasteiger partial charge on any atom is -0.465 e. The van der Waals surface area contributed by atoms with Crippen LogP contribution in [-0.4, -0.2) is 24.3 Å². The molecule has 0 bridgehead atoms. The lowest BCUT2D eigenvalue weighted by atomic mass is 9.83. The van der Waals surface area contributed by atoms with Crippen molar-refractivity contribution in [1.29, 1.82) is 0 Å². The fourth-order valence-electron chi connectivity index (χ4n) is 2.29. The van der Waals surface area contributed by atoms with E-state index in [0.717, 1.165) is 24.9 Å². The lowest BCUT2D eigenvalue weighted by molar-refractivity contribution is 0.166. The molecule has 1 atom stereocenters. The van der Waals surface area contributed by atoms with Crippen molar-refractivity contribution in [3.63, 3.8) is 0 Å². The molecule has 3 N–H and O–H groups in total. The Morgan fingerprint density at radius 1 is 1.38 bits per heavy atom. The molecule has 0 spiro atoms. The highest BCUT2D eigenvalue weighted by Crippen LogP contribution is 2.28. The summed E-state index contributed by atoms with van der Waals surface area (Å²) in [5.41, 5.74) is 0.565. The molecular formula is C12H16N2O2. The third kappa shape index (κ3) is 2.17. The molecule has 0 aliphatic carbocycles. The smallest absolute Gasteiger partial charge is 0.405 e. The van der Waals surface area contributed by atoms with Crippen molar-refractivity contribution in [3.8, 4) is 0 Å². The number of carbonyl (C=O) groups is 1. The molecule has 86 valence electrons. The topological polar surface area (TPSA) is 61.4 Å². The van der Waals surface area contributed by atoms with Gasteiger partial charge in [0, 0.05) is 6.54 Å². The first kappa shape index (κ1) is 11.0. The lowest BCUT2D eigenvalue weighted by Crippen LogP contribution is -2.54. The number of carboxylic acid groups (broad SMARTS) is 1. The first-order chi connectivity index (χ1) is 7.73. The summed E-state index contributed by atoms with van der Waals surface area (Å²) in [6, 6.07) is 9.77. The van der Waals surface area contributed by atoms with Crippen molar-refractivity contribution in [3.05, 3.63) is 35.9 Å². The molecule has 1 aliphatic rings. The molecule has 1 saturated heterocycles. The first-order valence-electron chi connectivity index (χ1n) is 5.50. The molecule has 0 saturated carbocycles. The van der Waals surface area contributed by atoms with Gasteiger partial charge in [-0.25, -0.2) is 4.79 Å². The van der Waals surface area contributed by atoms with Crippen LogP contribution in [0.3, 0.4) is 0 Å². The Morgan fingerprint density at radius 3 is 2.69 bits per heavy atom. The number of nitrogens with one attached hydrogen (secondary N) is 2. The highest BCUT2D eigenvalue weighted by Gasteiger charge is 2.35. The maximum atomic E-state index is 10.9. The molecule has 1 aromatic carbocycles. The summed E-state index contributed by atoms with van der Waals surface area (Å²) < 4.78 is 0. The fourth-order valence-corrected chi connectivity index (χ4v) is 2.29. The lowest BCUT2D eigenvalue weighted by Gasteiger charge is -2.38. The van der Waals surface area contributed by atoms with Gasteiger partial charge in [0.1, 0.15) is 0 Å². The fraction of sp³-hybridized carbons (Fsp3) is 0.417. The molecule has 0 unspecified atom stereocenters. The van der Waals surface area contributed by atoms with Crippen LogP contribution < -0.4 is 10.6 Å². The largest absolute Gasteiger partial charge is 0.465 e.